The number of rotatable bonds is 10. The Labute approximate surface area is 264 Å². The van der Waals surface area contributed by atoms with E-state index in [1.165, 1.54) is 18.9 Å². The summed E-state index contributed by atoms with van der Waals surface area (Å²) in [5.74, 6) is -0.718. The van der Waals surface area contributed by atoms with Crippen molar-refractivity contribution in [1.82, 2.24) is 5.32 Å². The van der Waals surface area contributed by atoms with Gasteiger partial charge in [-0.2, -0.15) is 0 Å². The fourth-order valence-electron chi connectivity index (χ4n) is 3.97. The molecule has 10 heteroatoms. The minimum Gasteiger partial charge on any atom is -0.495 e. The number of ether oxygens (including phenoxy) is 1. The lowest BCUT2D eigenvalue weighted by atomic mass is 10.1. The first-order chi connectivity index (χ1) is 20.6. The van der Waals surface area contributed by atoms with E-state index < -0.39 is 17.1 Å². The molecule has 7 nitrogen and oxygen atoms in total. The van der Waals surface area contributed by atoms with E-state index in [4.69, 9.17) is 27.9 Å². The van der Waals surface area contributed by atoms with Crippen LogP contribution in [0.15, 0.2) is 102 Å². The Morgan fingerprint density at radius 2 is 1.63 bits per heavy atom. The van der Waals surface area contributed by atoms with Gasteiger partial charge in [0.1, 0.15) is 11.4 Å². The van der Waals surface area contributed by atoms with E-state index >= 15 is 0 Å². The summed E-state index contributed by atoms with van der Waals surface area (Å²) >= 11 is 13.6. The van der Waals surface area contributed by atoms with Gasteiger partial charge in [-0.3, -0.25) is 14.4 Å². The Morgan fingerprint density at radius 3 is 2.35 bits per heavy atom. The van der Waals surface area contributed by atoms with Crippen LogP contribution >= 0.6 is 35.0 Å². The molecule has 0 heterocycles. The molecule has 1 atom stereocenters. The SMILES string of the molecule is COc1cc(Cl)c(C)cc1NC(=O)C(C)Sc1cccc(NC(=O)/C(=C/c2cccc(Cl)c2)NC(=O)c2ccccc2)c1. The maximum Gasteiger partial charge on any atom is 0.272 e. The normalized spacial score (nSPS) is 11.8. The van der Waals surface area contributed by atoms with Crippen LogP contribution < -0.4 is 20.7 Å². The Balaban J connectivity index is 1.48. The number of nitrogens with one attached hydrogen (secondary N) is 3. The summed E-state index contributed by atoms with van der Waals surface area (Å²) in [5.41, 5.74) is 2.91. The molecule has 220 valence electrons. The zero-order valence-corrected chi connectivity index (χ0v) is 25.9. The van der Waals surface area contributed by atoms with Crippen LogP contribution in [0.1, 0.15) is 28.4 Å². The molecule has 3 amide bonds. The molecular weight excluding hydrogens is 605 g/mol. The highest BCUT2D eigenvalue weighted by molar-refractivity contribution is 8.00. The molecule has 0 spiro atoms. The average Bonchev–Trinajstić information content (AvgIpc) is 2.99. The molecule has 4 aromatic rings. The lowest BCUT2D eigenvalue weighted by Crippen LogP contribution is -2.30. The average molecular weight is 635 g/mol. The summed E-state index contributed by atoms with van der Waals surface area (Å²) < 4.78 is 5.36. The Hall–Kier alpha value is -4.24. The highest BCUT2D eigenvalue weighted by atomic mass is 35.5. The number of anilines is 2. The largest absolute Gasteiger partial charge is 0.495 e. The van der Waals surface area contributed by atoms with Crippen molar-refractivity contribution < 1.29 is 19.1 Å². The van der Waals surface area contributed by atoms with Gasteiger partial charge in [0.25, 0.3) is 11.8 Å². The molecule has 0 saturated heterocycles. The Kier molecular flexibility index (Phi) is 10.9. The number of benzene rings is 4. The highest BCUT2D eigenvalue weighted by Crippen LogP contribution is 2.32. The van der Waals surface area contributed by atoms with Gasteiger partial charge < -0.3 is 20.7 Å². The van der Waals surface area contributed by atoms with Crippen molar-refractivity contribution in [3.8, 4) is 5.75 Å². The number of halogens is 2. The van der Waals surface area contributed by atoms with E-state index in [0.29, 0.717) is 38.3 Å². The molecule has 1 unspecified atom stereocenters. The smallest absolute Gasteiger partial charge is 0.272 e. The quantitative estimate of drug-likeness (QED) is 0.122. The van der Waals surface area contributed by atoms with Crippen LogP contribution in [0.4, 0.5) is 11.4 Å². The van der Waals surface area contributed by atoms with Crippen LogP contribution in [0.5, 0.6) is 5.75 Å². The number of aryl methyl sites for hydroxylation is 1. The van der Waals surface area contributed by atoms with Gasteiger partial charge in [0, 0.05) is 32.3 Å². The highest BCUT2D eigenvalue weighted by Gasteiger charge is 2.19. The summed E-state index contributed by atoms with van der Waals surface area (Å²) in [6.07, 6.45) is 1.56. The van der Waals surface area contributed by atoms with Gasteiger partial charge in [0.2, 0.25) is 5.91 Å². The molecule has 3 N–H and O–H groups in total. The summed E-state index contributed by atoms with van der Waals surface area (Å²) in [4.78, 5) is 40.1. The van der Waals surface area contributed by atoms with Gasteiger partial charge in [0.15, 0.2) is 0 Å². The zero-order chi connectivity index (χ0) is 30.9. The van der Waals surface area contributed by atoms with Crippen molar-refractivity contribution in [2.45, 2.75) is 24.0 Å². The number of methoxy groups -OCH3 is 1. The van der Waals surface area contributed by atoms with Crippen molar-refractivity contribution in [3.63, 3.8) is 0 Å². The zero-order valence-electron chi connectivity index (χ0n) is 23.6. The lowest BCUT2D eigenvalue weighted by Gasteiger charge is -2.16. The molecular formula is C33H29Cl2N3O4S. The molecule has 0 bridgehead atoms. The minimum absolute atomic E-state index is 0.0362. The molecule has 0 saturated carbocycles. The first-order valence-corrected chi connectivity index (χ1v) is 14.8. The molecule has 0 aliphatic heterocycles. The third-order valence-electron chi connectivity index (χ3n) is 6.20. The Morgan fingerprint density at radius 1 is 0.884 bits per heavy atom. The van der Waals surface area contributed by atoms with E-state index in [9.17, 15) is 14.4 Å². The van der Waals surface area contributed by atoms with Crippen molar-refractivity contribution in [3.05, 3.63) is 123 Å². The van der Waals surface area contributed by atoms with E-state index in [0.717, 1.165) is 10.5 Å². The molecule has 0 radical (unpaired) electrons. The molecule has 0 aliphatic rings. The number of hydrogen-bond donors (Lipinski definition) is 3. The molecule has 0 aliphatic carbocycles. The van der Waals surface area contributed by atoms with Crippen molar-refractivity contribution in [2.75, 3.05) is 17.7 Å². The van der Waals surface area contributed by atoms with Crippen LogP contribution in [-0.4, -0.2) is 30.1 Å². The van der Waals surface area contributed by atoms with Gasteiger partial charge in [-0.25, -0.2) is 0 Å². The summed E-state index contributed by atoms with van der Waals surface area (Å²) in [6, 6.07) is 26.1. The van der Waals surface area contributed by atoms with Gasteiger partial charge in [-0.15, -0.1) is 11.8 Å². The van der Waals surface area contributed by atoms with Crippen LogP contribution in [-0.2, 0) is 9.59 Å². The Bertz CT molecular complexity index is 1680. The topological polar surface area (TPSA) is 96.5 Å². The van der Waals surface area contributed by atoms with E-state index in [1.807, 2.05) is 13.0 Å². The third kappa shape index (κ3) is 8.88. The fourth-order valence-corrected chi connectivity index (χ4v) is 5.25. The molecule has 43 heavy (non-hydrogen) atoms. The summed E-state index contributed by atoms with van der Waals surface area (Å²) in [6.45, 7) is 3.63. The van der Waals surface area contributed by atoms with Gasteiger partial charge >= 0.3 is 0 Å². The predicted octanol–water partition coefficient (Wildman–Crippen LogP) is 7.84. The summed E-state index contributed by atoms with van der Waals surface area (Å²) in [5, 5.41) is 9.02. The van der Waals surface area contributed by atoms with E-state index in [2.05, 4.69) is 16.0 Å². The number of amides is 3. The number of carbonyl (C=O) groups excluding carboxylic acids is 3. The van der Waals surface area contributed by atoms with E-state index in [1.54, 1.807) is 97.9 Å². The van der Waals surface area contributed by atoms with Crippen LogP contribution in [0.25, 0.3) is 6.08 Å². The lowest BCUT2D eigenvalue weighted by molar-refractivity contribution is -0.115. The monoisotopic (exact) mass is 633 g/mol. The van der Waals surface area contributed by atoms with Gasteiger partial charge in [-0.05, 0) is 79.6 Å². The predicted molar refractivity (Wildman–Crippen MR) is 175 cm³/mol. The third-order valence-corrected chi connectivity index (χ3v) is 7.94. The van der Waals surface area contributed by atoms with Crippen molar-refractivity contribution in [1.29, 1.82) is 0 Å². The number of hydrogen-bond acceptors (Lipinski definition) is 5. The second-order valence-electron chi connectivity index (χ2n) is 9.47. The van der Waals surface area contributed by atoms with Crippen molar-refractivity contribution in [2.24, 2.45) is 0 Å². The number of thioether (sulfide) groups is 1. The first kappa shape index (κ1) is 31.7. The standard InChI is InChI=1S/C33H29Cl2N3O4S/c1-20-15-28(30(42-3)19-27(20)35)37-31(39)21(2)43-26-14-8-13-25(18-26)36-33(41)29(17-22-9-7-12-24(34)16-22)38-32(40)23-10-5-4-6-11-23/h4-19,21H,1-3H3,(H,36,41)(H,37,39)(H,38,40)/b29-17-. The van der Waals surface area contributed by atoms with Crippen molar-refractivity contribution >= 4 is 70.1 Å². The van der Waals surface area contributed by atoms with Gasteiger partial charge in [0.05, 0.1) is 18.0 Å². The van der Waals surface area contributed by atoms with E-state index in [-0.39, 0.29) is 11.6 Å². The maximum atomic E-state index is 13.4. The maximum absolute atomic E-state index is 13.4. The molecule has 4 aromatic carbocycles. The summed E-state index contributed by atoms with van der Waals surface area (Å²) in [7, 11) is 1.51. The van der Waals surface area contributed by atoms with Crippen LogP contribution in [0, 0.1) is 6.92 Å². The molecule has 0 aromatic heterocycles. The second-order valence-corrected chi connectivity index (χ2v) is 11.7. The van der Waals surface area contributed by atoms with Gasteiger partial charge in [-0.1, -0.05) is 59.6 Å². The minimum atomic E-state index is -0.526. The molecule has 0 fully saturated rings. The van der Waals surface area contributed by atoms with Crippen LogP contribution in [0.3, 0.4) is 0 Å². The first-order valence-electron chi connectivity index (χ1n) is 13.2. The second kappa shape index (κ2) is 14.8. The molecule has 4 rings (SSSR count). The fraction of sp³-hybridized carbons (Fsp3) is 0.121. The number of carbonyl (C=O) groups is 3. The van der Waals surface area contributed by atoms with Crippen LogP contribution in [0.2, 0.25) is 10.0 Å².